The summed E-state index contributed by atoms with van der Waals surface area (Å²) in [4.78, 5) is 12.0. The second-order valence-electron chi connectivity index (χ2n) is 5.21. The van der Waals surface area contributed by atoms with E-state index in [2.05, 4.69) is 5.32 Å². The normalized spacial score (nSPS) is 12.9. The van der Waals surface area contributed by atoms with Gasteiger partial charge in [-0.2, -0.15) is 0 Å². The van der Waals surface area contributed by atoms with Gasteiger partial charge >= 0.3 is 0 Å². The Morgan fingerprint density at radius 1 is 1.33 bits per heavy atom. The van der Waals surface area contributed by atoms with Crippen LogP contribution in [0.25, 0.3) is 0 Å². The summed E-state index contributed by atoms with van der Waals surface area (Å²) in [5.41, 5.74) is -0.256. The molecule has 0 aliphatic rings. The van der Waals surface area contributed by atoms with Crippen LogP contribution in [0.2, 0.25) is 5.02 Å². The fourth-order valence-electron chi connectivity index (χ4n) is 1.45. The third kappa shape index (κ3) is 4.96. The van der Waals surface area contributed by atoms with Crippen molar-refractivity contribution >= 4 is 17.5 Å². The number of hydrogen-bond donors (Lipinski definition) is 1. The van der Waals surface area contributed by atoms with Crippen LogP contribution in [0.3, 0.4) is 0 Å². The Kier molecular flexibility index (Phi) is 5.03. The van der Waals surface area contributed by atoms with Gasteiger partial charge in [0, 0.05) is 10.6 Å². The average Bonchev–Trinajstić information content (AvgIpc) is 2.25. The lowest BCUT2D eigenvalue weighted by Crippen LogP contribution is -2.47. The molecule has 0 spiro atoms. The molecule has 1 amide bonds. The van der Waals surface area contributed by atoms with Crippen molar-refractivity contribution in [1.29, 1.82) is 0 Å². The Bertz CT molecular complexity index is 395. The Morgan fingerprint density at radius 3 is 2.33 bits per heavy atom. The molecule has 0 heterocycles. The third-order valence-electron chi connectivity index (χ3n) is 2.25. The highest BCUT2D eigenvalue weighted by atomic mass is 35.5. The molecule has 18 heavy (non-hydrogen) atoms. The summed E-state index contributed by atoms with van der Waals surface area (Å²) in [7, 11) is 0. The van der Waals surface area contributed by atoms with Gasteiger partial charge in [-0.25, -0.2) is 0 Å². The molecule has 100 valence electrons. The number of benzene rings is 1. The molecule has 1 N–H and O–H groups in total. The first-order valence-corrected chi connectivity index (χ1v) is 6.44. The molecule has 1 aromatic rings. The number of carbonyl (C=O) groups is 1. The number of amides is 1. The van der Waals surface area contributed by atoms with Gasteiger partial charge in [0.05, 0.1) is 0 Å². The molecule has 1 aromatic carbocycles. The topological polar surface area (TPSA) is 38.3 Å². The lowest BCUT2D eigenvalue weighted by molar-refractivity contribution is -0.129. The van der Waals surface area contributed by atoms with Gasteiger partial charge in [0.25, 0.3) is 5.91 Å². The number of rotatable bonds is 4. The van der Waals surface area contributed by atoms with Crippen molar-refractivity contribution in [3.8, 4) is 5.75 Å². The summed E-state index contributed by atoms with van der Waals surface area (Å²) in [6.07, 6.45) is 0.135. The largest absolute Gasteiger partial charge is 0.481 e. The molecule has 0 unspecified atom stereocenters. The zero-order valence-electron chi connectivity index (χ0n) is 11.3. The lowest BCUT2D eigenvalue weighted by Gasteiger charge is -2.24. The highest BCUT2D eigenvalue weighted by Gasteiger charge is 2.22. The molecule has 3 nitrogen and oxygen atoms in total. The van der Waals surface area contributed by atoms with E-state index in [1.807, 2.05) is 27.7 Å². The lowest BCUT2D eigenvalue weighted by atomic mass is 10.1. The van der Waals surface area contributed by atoms with Crippen LogP contribution in [0.15, 0.2) is 24.3 Å². The number of ether oxygens (including phenoxy) is 1. The highest BCUT2D eigenvalue weighted by Crippen LogP contribution is 2.18. The van der Waals surface area contributed by atoms with Crippen LogP contribution >= 0.6 is 11.6 Å². The Morgan fingerprint density at radius 2 is 1.89 bits per heavy atom. The first-order chi connectivity index (χ1) is 8.31. The summed E-state index contributed by atoms with van der Waals surface area (Å²) in [5, 5.41) is 3.56. The van der Waals surface area contributed by atoms with Crippen LogP contribution in [0, 0.1) is 0 Å². The van der Waals surface area contributed by atoms with Crippen LogP contribution in [0.5, 0.6) is 5.75 Å². The van der Waals surface area contributed by atoms with E-state index in [0.29, 0.717) is 17.2 Å². The summed E-state index contributed by atoms with van der Waals surface area (Å²) < 4.78 is 5.66. The van der Waals surface area contributed by atoms with Crippen molar-refractivity contribution in [2.75, 3.05) is 0 Å². The molecule has 0 radical (unpaired) electrons. The second kappa shape index (κ2) is 6.10. The maximum absolute atomic E-state index is 12.0. The van der Waals surface area contributed by atoms with E-state index in [-0.39, 0.29) is 11.4 Å². The fourth-order valence-corrected chi connectivity index (χ4v) is 1.58. The molecule has 0 bridgehead atoms. The molecule has 1 atom stereocenters. The molecule has 0 saturated heterocycles. The second-order valence-corrected chi connectivity index (χ2v) is 5.64. The average molecular weight is 270 g/mol. The van der Waals surface area contributed by atoms with Gasteiger partial charge in [0.15, 0.2) is 6.10 Å². The summed E-state index contributed by atoms with van der Waals surface area (Å²) in [5.74, 6) is 0.551. The molecule has 0 saturated carbocycles. The Labute approximate surface area is 113 Å². The van der Waals surface area contributed by atoms with Gasteiger partial charge in [-0.1, -0.05) is 18.5 Å². The molecule has 0 fully saturated rings. The van der Waals surface area contributed by atoms with Crippen LogP contribution in [0.4, 0.5) is 0 Å². The predicted molar refractivity (Wildman–Crippen MR) is 74.1 cm³/mol. The first-order valence-electron chi connectivity index (χ1n) is 6.06. The molecule has 1 rings (SSSR count). The fraction of sp³-hybridized carbons (Fsp3) is 0.500. The van der Waals surface area contributed by atoms with E-state index in [4.69, 9.17) is 16.3 Å². The van der Waals surface area contributed by atoms with E-state index < -0.39 is 6.10 Å². The van der Waals surface area contributed by atoms with E-state index >= 15 is 0 Å². The van der Waals surface area contributed by atoms with Crippen molar-refractivity contribution in [3.05, 3.63) is 29.3 Å². The summed E-state index contributed by atoms with van der Waals surface area (Å²) in [6.45, 7) is 7.75. The van der Waals surface area contributed by atoms with E-state index in [1.165, 1.54) is 0 Å². The van der Waals surface area contributed by atoms with E-state index in [1.54, 1.807) is 24.3 Å². The number of hydrogen-bond acceptors (Lipinski definition) is 2. The zero-order chi connectivity index (χ0) is 13.8. The van der Waals surface area contributed by atoms with Crippen LogP contribution in [-0.2, 0) is 4.79 Å². The van der Waals surface area contributed by atoms with Crippen molar-refractivity contribution in [2.24, 2.45) is 0 Å². The molecule has 0 aromatic heterocycles. The first kappa shape index (κ1) is 14.8. The van der Waals surface area contributed by atoms with Crippen molar-refractivity contribution < 1.29 is 9.53 Å². The van der Waals surface area contributed by atoms with Gasteiger partial charge in [-0.3, -0.25) is 4.79 Å². The maximum atomic E-state index is 12.0. The molecular formula is C14H20ClNO2. The SMILES string of the molecule is CC[C@H](Oc1ccc(Cl)cc1)C(=O)NC(C)(C)C. The maximum Gasteiger partial charge on any atom is 0.261 e. The molecule has 0 aliphatic heterocycles. The number of halogens is 1. The summed E-state index contributed by atoms with van der Waals surface area (Å²) in [6, 6.07) is 7.00. The number of nitrogens with one attached hydrogen (secondary N) is 1. The minimum absolute atomic E-state index is 0.0973. The van der Waals surface area contributed by atoms with E-state index in [9.17, 15) is 4.79 Å². The number of carbonyl (C=O) groups excluding carboxylic acids is 1. The molecule has 0 aliphatic carbocycles. The van der Waals surface area contributed by atoms with Crippen LogP contribution in [0.1, 0.15) is 34.1 Å². The molecule has 4 heteroatoms. The van der Waals surface area contributed by atoms with Gasteiger partial charge in [-0.05, 0) is 51.5 Å². The van der Waals surface area contributed by atoms with Gasteiger partial charge in [0.2, 0.25) is 0 Å². The monoisotopic (exact) mass is 269 g/mol. The molecular weight excluding hydrogens is 250 g/mol. The van der Waals surface area contributed by atoms with Crippen molar-refractivity contribution in [3.63, 3.8) is 0 Å². The minimum atomic E-state index is -0.481. The highest BCUT2D eigenvalue weighted by molar-refractivity contribution is 6.30. The van der Waals surface area contributed by atoms with Crippen molar-refractivity contribution in [1.82, 2.24) is 5.32 Å². The van der Waals surface area contributed by atoms with Gasteiger partial charge < -0.3 is 10.1 Å². The zero-order valence-corrected chi connectivity index (χ0v) is 12.0. The predicted octanol–water partition coefficient (Wildman–Crippen LogP) is 3.41. The Balaban J connectivity index is 2.67. The quantitative estimate of drug-likeness (QED) is 0.910. The van der Waals surface area contributed by atoms with E-state index in [0.717, 1.165) is 0 Å². The standard InChI is InChI=1S/C14H20ClNO2/c1-5-12(13(17)16-14(2,3)4)18-11-8-6-10(15)7-9-11/h6-9,12H,5H2,1-4H3,(H,16,17)/t12-/m0/s1. The summed E-state index contributed by atoms with van der Waals surface area (Å²) >= 11 is 5.80. The van der Waals surface area contributed by atoms with Crippen LogP contribution < -0.4 is 10.1 Å². The van der Waals surface area contributed by atoms with Gasteiger partial charge in [0.1, 0.15) is 5.75 Å². The van der Waals surface area contributed by atoms with Crippen LogP contribution in [-0.4, -0.2) is 17.6 Å². The minimum Gasteiger partial charge on any atom is -0.481 e. The smallest absolute Gasteiger partial charge is 0.261 e. The van der Waals surface area contributed by atoms with Crippen molar-refractivity contribution in [2.45, 2.75) is 45.8 Å². The Hall–Kier alpha value is -1.22. The third-order valence-corrected chi connectivity index (χ3v) is 2.51. The van der Waals surface area contributed by atoms with Gasteiger partial charge in [-0.15, -0.1) is 0 Å².